The van der Waals surface area contributed by atoms with E-state index in [2.05, 4.69) is 239 Å². The van der Waals surface area contributed by atoms with Gasteiger partial charge in [-0.25, -0.2) is 4.98 Å². The number of rotatable bonds is 8. The quantitative estimate of drug-likeness (QED) is 0.144. The van der Waals surface area contributed by atoms with Crippen LogP contribution in [0.15, 0.2) is 231 Å². The van der Waals surface area contributed by atoms with Crippen molar-refractivity contribution in [2.75, 3.05) is 16.5 Å². The maximum Gasteiger partial charge on any atom is 0.138 e. The molecule has 1 aliphatic heterocycles. The number of pyridine rings is 1. The van der Waals surface area contributed by atoms with Gasteiger partial charge in [0.2, 0.25) is 0 Å². The highest BCUT2D eigenvalue weighted by Crippen LogP contribution is 2.49. The first-order valence-electron chi connectivity index (χ1n) is 20.2. The topological polar surface area (TPSA) is 24.3 Å². The van der Waals surface area contributed by atoms with Crippen LogP contribution in [0.25, 0.3) is 38.8 Å². The van der Waals surface area contributed by atoms with E-state index in [-0.39, 0.29) is 0 Å². The van der Waals surface area contributed by atoms with Gasteiger partial charge in [-0.1, -0.05) is 164 Å². The molecule has 0 saturated heterocycles. The molecule has 11 rings (SSSR count). The Bertz CT molecular complexity index is 3040. The average molecular weight is 757 g/mol. The Labute approximate surface area is 344 Å². The zero-order chi connectivity index (χ0) is 39.2. The largest absolute Gasteiger partial charge is 0.321 e. The number of fused-ring (bicyclic) bond motifs is 4. The molecule has 4 nitrogen and oxygen atoms in total. The third-order valence-corrected chi connectivity index (χ3v) is 12.0. The molecule has 0 spiro atoms. The Morgan fingerprint density at radius 2 is 0.915 bits per heavy atom. The summed E-state index contributed by atoms with van der Waals surface area (Å²) in [6, 6.07) is 81.3. The predicted octanol–water partition coefficient (Wildman–Crippen LogP) is 13.5. The smallest absolute Gasteiger partial charge is 0.138 e. The summed E-state index contributed by atoms with van der Waals surface area (Å²) in [7, 11) is 0. The Balaban J connectivity index is 1.15. The van der Waals surface area contributed by atoms with Gasteiger partial charge in [0.1, 0.15) is 12.5 Å². The SMILES string of the molecule is c1ccc(-c2ccnc(-n3c4ccccc4c4ccc(C(c5ccccc5)(c5ccccc5)c5cccc(N6CN(c7ccccc7)c7ccccc76)c5)cc43)c2)cc1. The molecule has 1 aliphatic rings. The van der Waals surface area contributed by atoms with Crippen molar-refractivity contribution in [3.63, 3.8) is 0 Å². The van der Waals surface area contributed by atoms with E-state index in [1.165, 1.54) is 50.1 Å². The molecule has 3 heterocycles. The molecule has 59 heavy (non-hydrogen) atoms. The number of benzene rings is 8. The lowest BCUT2D eigenvalue weighted by Gasteiger charge is -2.37. The zero-order valence-electron chi connectivity index (χ0n) is 32.4. The Kier molecular flexibility index (Phi) is 8.41. The Morgan fingerprint density at radius 1 is 0.373 bits per heavy atom. The third kappa shape index (κ3) is 5.72. The van der Waals surface area contributed by atoms with Crippen LogP contribution in [0.4, 0.5) is 22.7 Å². The summed E-state index contributed by atoms with van der Waals surface area (Å²) in [5.41, 5.74) is 13.3. The highest BCUT2D eigenvalue weighted by Gasteiger charge is 2.40. The monoisotopic (exact) mass is 756 g/mol. The number of aromatic nitrogens is 2. The van der Waals surface area contributed by atoms with E-state index in [0.717, 1.165) is 33.7 Å². The van der Waals surface area contributed by atoms with Crippen LogP contribution in [-0.4, -0.2) is 16.2 Å². The molecule has 8 aromatic carbocycles. The van der Waals surface area contributed by atoms with E-state index in [9.17, 15) is 0 Å². The standard InChI is InChI=1S/C55H40N4/c1-5-18-40(19-6-1)41-34-35-56-54(36-41)59-50-29-14-13-28-48(50)49-33-32-45(38-53(49)59)55(42-20-7-2-8-21-42,43-22-9-3-10-23-43)44-24-17-27-47(37-44)58-39-57(46-25-11-4-12-26-46)51-30-15-16-31-52(51)58/h1-38H,39H2. The molecule has 0 saturated carbocycles. The summed E-state index contributed by atoms with van der Waals surface area (Å²) >= 11 is 0. The fourth-order valence-electron chi connectivity index (χ4n) is 9.35. The van der Waals surface area contributed by atoms with Crippen LogP contribution in [0.5, 0.6) is 0 Å². The highest BCUT2D eigenvalue weighted by atomic mass is 15.4. The van der Waals surface area contributed by atoms with Crippen molar-refractivity contribution in [1.29, 1.82) is 0 Å². The van der Waals surface area contributed by atoms with E-state index in [0.29, 0.717) is 6.67 Å². The maximum atomic E-state index is 5.03. The van der Waals surface area contributed by atoms with Crippen molar-refractivity contribution in [2.45, 2.75) is 5.41 Å². The zero-order valence-corrected chi connectivity index (χ0v) is 32.4. The second-order valence-electron chi connectivity index (χ2n) is 15.2. The van der Waals surface area contributed by atoms with Gasteiger partial charge in [-0.05, 0) is 94.0 Å². The van der Waals surface area contributed by atoms with Crippen molar-refractivity contribution >= 4 is 44.6 Å². The van der Waals surface area contributed by atoms with Crippen LogP contribution in [0.3, 0.4) is 0 Å². The maximum absolute atomic E-state index is 5.03. The summed E-state index contributed by atoms with van der Waals surface area (Å²) in [5.74, 6) is 0.886. The van der Waals surface area contributed by atoms with Crippen molar-refractivity contribution < 1.29 is 0 Å². The fourth-order valence-corrected chi connectivity index (χ4v) is 9.35. The summed E-state index contributed by atoms with van der Waals surface area (Å²) in [5, 5.41) is 2.39. The molecule has 0 radical (unpaired) electrons. The molecule has 0 aliphatic carbocycles. The Morgan fingerprint density at radius 3 is 1.63 bits per heavy atom. The summed E-state index contributed by atoms with van der Waals surface area (Å²) in [6.07, 6.45) is 1.93. The van der Waals surface area contributed by atoms with Crippen molar-refractivity contribution in [3.05, 3.63) is 253 Å². The van der Waals surface area contributed by atoms with Crippen molar-refractivity contribution in [2.24, 2.45) is 0 Å². The van der Waals surface area contributed by atoms with Gasteiger partial charge >= 0.3 is 0 Å². The van der Waals surface area contributed by atoms with Gasteiger partial charge in [0, 0.05) is 28.3 Å². The van der Waals surface area contributed by atoms with E-state index in [1.807, 2.05) is 6.20 Å². The molecule has 0 atom stereocenters. The van der Waals surface area contributed by atoms with E-state index in [1.54, 1.807) is 0 Å². The lowest BCUT2D eigenvalue weighted by molar-refractivity contribution is 0.745. The van der Waals surface area contributed by atoms with Crippen LogP contribution in [0.1, 0.15) is 22.3 Å². The summed E-state index contributed by atoms with van der Waals surface area (Å²) < 4.78 is 2.34. The van der Waals surface area contributed by atoms with Crippen LogP contribution in [0.2, 0.25) is 0 Å². The molecule has 4 heteroatoms. The van der Waals surface area contributed by atoms with Crippen LogP contribution >= 0.6 is 0 Å². The molecule has 0 amide bonds. The van der Waals surface area contributed by atoms with Crippen LogP contribution in [-0.2, 0) is 5.41 Å². The first kappa shape index (κ1) is 34.5. The molecule has 0 bridgehead atoms. The average Bonchev–Trinajstić information content (AvgIpc) is 3.87. The molecule has 280 valence electrons. The third-order valence-electron chi connectivity index (χ3n) is 12.0. The van der Waals surface area contributed by atoms with Gasteiger partial charge in [-0.3, -0.25) is 4.57 Å². The first-order valence-corrected chi connectivity index (χ1v) is 20.2. The van der Waals surface area contributed by atoms with Gasteiger partial charge in [0.05, 0.1) is 27.8 Å². The fraction of sp³-hybridized carbons (Fsp3) is 0.0364. The highest BCUT2D eigenvalue weighted by molar-refractivity contribution is 6.09. The van der Waals surface area contributed by atoms with Gasteiger partial charge in [-0.2, -0.15) is 0 Å². The first-order chi connectivity index (χ1) is 29.3. The number of nitrogens with zero attached hydrogens (tertiary/aromatic N) is 4. The van der Waals surface area contributed by atoms with Crippen molar-refractivity contribution in [3.8, 4) is 16.9 Å². The van der Waals surface area contributed by atoms with E-state index < -0.39 is 5.41 Å². The second kappa shape index (κ2) is 14.4. The van der Waals surface area contributed by atoms with E-state index >= 15 is 0 Å². The number of para-hydroxylation sites is 4. The molecular weight excluding hydrogens is 717 g/mol. The van der Waals surface area contributed by atoms with E-state index in [4.69, 9.17) is 4.98 Å². The van der Waals surface area contributed by atoms with Crippen LogP contribution in [0, 0.1) is 0 Å². The molecule has 2 aromatic heterocycles. The van der Waals surface area contributed by atoms with Gasteiger partial charge in [0.25, 0.3) is 0 Å². The summed E-state index contributed by atoms with van der Waals surface area (Å²) in [4.78, 5) is 9.87. The predicted molar refractivity (Wildman–Crippen MR) is 244 cm³/mol. The van der Waals surface area contributed by atoms with Crippen molar-refractivity contribution in [1.82, 2.24) is 9.55 Å². The van der Waals surface area contributed by atoms with Crippen LogP contribution < -0.4 is 9.80 Å². The Hall–Kier alpha value is -7.69. The normalized spacial score (nSPS) is 12.6. The molecule has 10 aromatic rings. The minimum Gasteiger partial charge on any atom is -0.321 e. The molecular formula is C55H40N4. The lowest BCUT2D eigenvalue weighted by Crippen LogP contribution is -2.31. The number of anilines is 4. The second-order valence-corrected chi connectivity index (χ2v) is 15.2. The van der Waals surface area contributed by atoms with Gasteiger partial charge in [-0.15, -0.1) is 0 Å². The number of hydrogen-bond acceptors (Lipinski definition) is 3. The molecule has 0 unspecified atom stereocenters. The minimum atomic E-state index is -0.675. The minimum absolute atomic E-state index is 0.675. The number of hydrogen-bond donors (Lipinski definition) is 0. The molecule has 0 fully saturated rings. The van der Waals surface area contributed by atoms with Gasteiger partial charge in [0.15, 0.2) is 0 Å². The van der Waals surface area contributed by atoms with Gasteiger partial charge < -0.3 is 9.80 Å². The summed E-state index contributed by atoms with van der Waals surface area (Å²) in [6.45, 7) is 0.706. The molecule has 0 N–H and O–H groups in total. The lowest BCUT2D eigenvalue weighted by atomic mass is 9.65.